The summed E-state index contributed by atoms with van der Waals surface area (Å²) < 4.78 is 0. The van der Waals surface area contributed by atoms with Crippen LogP contribution in [0.3, 0.4) is 0 Å². The molecule has 0 heterocycles. The van der Waals surface area contributed by atoms with E-state index < -0.39 is 23.2 Å². The number of anilines is 1. The summed E-state index contributed by atoms with van der Waals surface area (Å²) in [6.45, 7) is 7.85. The smallest absolute Gasteiger partial charge is 0.307 e. The molecule has 2 N–H and O–H groups in total. The lowest BCUT2D eigenvalue weighted by Gasteiger charge is -2.09. The third-order valence-electron chi connectivity index (χ3n) is 4.22. The van der Waals surface area contributed by atoms with E-state index in [1.165, 1.54) is 5.56 Å². The second kappa shape index (κ2) is 4.93. The normalized spacial score (nSPS) is 23.4. The molecule has 2 atom stereocenters. The first-order chi connectivity index (χ1) is 9.25. The molecule has 1 aliphatic rings. The van der Waals surface area contributed by atoms with Crippen molar-refractivity contribution in [2.75, 3.05) is 5.32 Å². The van der Waals surface area contributed by atoms with Gasteiger partial charge in [0.2, 0.25) is 5.91 Å². The van der Waals surface area contributed by atoms with Crippen molar-refractivity contribution in [1.82, 2.24) is 0 Å². The second-order valence-electron chi connectivity index (χ2n) is 6.38. The topological polar surface area (TPSA) is 66.4 Å². The average molecular weight is 275 g/mol. The molecule has 4 nitrogen and oxygen atoms in total. The first-order valence-corrected chi connectivity index (χ1v) is 6.88. The second-order valence-corrected chi connectivity index (χ2v) is 6.38. The molecule has 0 unspecified atom stereocenters. The van der Waals surface area contributed by atoms with Crippen LogP contribution in [0.2, 0.25) is 0 Å². The number of nitrogens with one attached hydrogen (secondary N) is 1. The standard InChI is InChI=1S/C16H21NO3/c1-9(2)10-5-7-11(8-6-10)17-14(18)12-13(15(19)20)16(12,3)4/h5-9,12-13H,1-4H3,(H,17,18)(H,19,20)/t12-,13+/m1/s1. The summed E-state index contributed by atoms with van der Waals surface area (Å²) in [6.07, 6.45) is 0. The number of carbonyl (C=O) groups is 2. The van der Waals surface area contributed by atoms with E-state index in [1.807, 2.05) is 38.1 Å². The van der Waals surface area contributed by atoms with Gasteiger partial charge in [0.05, 0.1) is 11.8 Å². The molecule has 0 radical (unpaired) electrons. The molecular weight excluding hydrogens is 254 g/mol. The zero-order valence-electron chi connectivity index (χ0n) is 12.3. The van der Waals surface area contributed by atoms with E-state index in [4.69, 9.17) is 5.11 Å². The molecule has 0 aliphatic heterocycles. The van der Waals surface area contributed by atoms with Gasteiger partial charge in [-0.3, -0.25) is 9.59 Å². The molecular formula is C16H21NO3. The van der Waals surface area contributed by atoms with Crippen molar-refractivity contribution >= 4 is 17.6 Å². The van der Waals surface area contributed by atoms with E-state index >= 15 is 0 Å². The number of amides is 1. The molecule has 108 valence electrons. The summed E-state index contributed by atoms with van der Waals surface area (Å²) in [7, 11) is 0. The number of rotatable bonds is 4. The van der Waals surface area contributed by atoms with E-state index in [9.17, 15) is 9.59 Å². The van der Waals surface area contributed by atoms with Crippen molar-refractivity contribution in [2.45, 2.75) is 33.6 Å². The first-order valence-electron chi connectivity index (χ1n) is 6.88. The molecule has 2 rings (SSSR count). The lowest BCUT2D eigenvalue weighted by molar-refractivity contribution is -0.140. The molecule has 1 aliphatic carbocycles. The van der Waals surface area contributed by atoms with Crippen LogP contribution in [0.15, 0.2) is 24.3 Å². The Balaban J connectivity index is 2.04. The fourth-order valence-electron chi connectivity index (χ4n) is 2.76. The predicted molar refractivity (Wildman–Crippen MR) is 77.6 cm³/mol. The van der Waals surface area contributed by atoms with Gasteiger partial charge in [-0.05, 0) is 29.0 Å². The third kappa shape index (κ3) is 2.55. The van der Waals surface area contributed by atoms with Crippen molar-refractivity contribution in [3.8, 4) is 0 Å². The number of carboxylic acids is 1. The highest BCUT2D eigenvalue weighted by Gasteiger charge is 2.65. The van der Waals surface area contributed by atoms with Crippen LogP contribution in [0.5, 0.6) is 0 Å². The molecule has 1 saturated carbocycles. The van der Waals surface area contributed by atoms with Gasteiger partial charge in [-0.25, -0.2) is 0 Å². The van der Waals surface area contributed by atoms with Gasteiger partial charge >= 0.3 is 5.97 Å². The molecule has 1 aromatic carbocycles. The Kier molecular flexibility index (Phi) is 3.59. The van der Waals surface area contributed by atoms with Crippen LogP contribution < -0.4 is 5.32 Å². The van der Waals surface area contributed by atoms with E-state index in [0.717, 1.165) is 0 Å². The Hall–Kier alpha value is -1.84. The number of carbonyl (C=O) groups excluding carboxylic acids is 1. The van der Waals surface area contributed by atoms with Crippen LogP contribution in [0.25, 0.3) is 0 Å². The van der Waals surface area contributed by atoms with Gasteiger partial charge in [-0.15, -0.1) is 0 Å². The van der Waals surface area contributed by atoms with Gasteiger partial charge in [0.1, 0.15) is 0 Å². The van der Waals surface area contributed by atoms with Gasteiger partial charge in [0, 0.05) is 5.69 Å². The molecule has 20 heavy (non-hydrogen) atoms. The van der Waals surface area contributed by atoms with Crippen LogP contribution in [-0.4, -0.2) is 17.0 Å². The van der Waals surface area contributed by atoms with Crippen molar-refractivity contribution in [3.63, 3.8) is 0 Å². The lowest BCUT2D eigenvalue weighted by atomic mass is 10.0. The minimum Gasteiger partial charge on any atom is -0.481 e. The first kappa shape index (κ1) is 14.6. The molecule has 0 bridgehead atoms. The Labute approximate surface area is 119 Å². The van der Waals surface area contributed by atoms with Crippen LogP contribution in [0.4, 0.5) is 5.69 Å². The number of benzene rings is 1. The molecule has 4 heteroatoms. The molecule has 1 fully saturated rings. The van der Waals surface area contributed by atoms with E-state index in [1.54, 1.807) is 0 Å². The predicted octanol–water partition coefficient (Wildman–Crippen LogP) is 3.11. The maximum absolute atomic E-state index is 12.1. The Morgan fingerprint density at radius 3 is 2.10 bits per heavy atom. The molecule has 0 spiro atoms. The van der Waals surface area contributed by atoms with E-state index in [-0.39, 0.29) is 5.91 Å². The van der Waals surface area contributed by atoms with Crippen molar-refractivity contribution in [1.29, 1.82) is 0 Å². The molecule has 0 saturated heterocycles. The van der Waals surface area contributed by atoms with Gasteiger partial charge in [0.25, 0.3) is 0 Å². The van der Waals surface area contributed by atoms with Crippen molar-refractivity contribution in [3.05, 3.63) is 29.8 Å². The Morgan fingerprint density at radius 1 is 1.15 bits per heavy atom. The summed E-state index contributed by atoms with van der Waals surface area (Å²) in [4.78, 5) is 23.2. The maximum Gasteiger partial charge on any atom is 0.307 e. The monoisotopic (exact) mass is 275 g/mol. The summed E-state index contributed by atoms with van der Waals surface area (Å²) in [6, 6.07) is 7.68. The highest BCUT2D eigenvalue weighted by molar-refractivity contribution is 5.99. The Morgan fingerprint density at radius 2 is 1.70 bits per heavy atom. The number of aliphatic carboxylic acids is 1. The average Bonchev–Trinajstić information content (AvgIpc) is 2.93. The van der Waals surface area contributed by atoms with E-state index in [2.05, 4.69) is 19.2 Å². The van der Waals surface area contributed by atoms with Crippen LogP contribution in [0.1, 0.15) is 39.2 Å². The number of carboxylic acid groups (broad SMARTS) is 1. The Bertz CT molecular complexity index is 531. The van der Waals surface area contributed by atoms with Gasteiger partial charge in [0.15, 0.2) is 0 Å². The summed E-state index contributed by atoms with van der Waals surface area (Å²) in [5.41, 5.74) is 1.46. The molecule has 1 amide bonds. The molecule has 0 aromatic heterocycles. The van der Waals surface area contributed by atoms with Crippen molar-refractivity contribution in [2.24, 2.45) is 17.3 Å². The summed E-state index contributed by atoms with van der Waals surface area (Å²) in [5, 5.41) is 11.9. The number of hydrogen-bond donors (Lipinski definition) is 2. The zero-order valence-corrected chi connectivity index (χ0v) is 12.3. The third-order valence-corrected chi connectivity index (χ3v) is 4.22. The van der Waals surface area contributed by atoms with Gasteiger partial charge in [-0.2, -0.15) is 0 Å². The van der Waals surface area contributed by atoms with Crippen LogP contribution >= 0.6 is 0 Å². The lowest BCUT2D eigenvalue weighted by Crippen LogP contribution is -2.17. The largest absolute Gasteiger partial charge is 0.481 e. The quantitative estimate of drug-likeness (QED) is 0.887. The highest BCUT2D eigenvalue weighted by atomic mass is 16.4. The van der Waals surface area contributed by atoms with Gasteiger partial charge in [-0.1, -0.05) is 39.8 Å². The van der Waals surface area contributed by atoms with E-state index in [0.29, 0.717) is 11.6 Å². The molecule has 1 aromatic rings. The fraction of sp³-hybridized carbons (Fsp3) is 0.500. The summed E-state index contributed by atoms with van der Waals surface area (Å²) in [5.74, 6) is -1.70. The van der Waals surface area contributed by atoms with Crippen molar-refractivity contribution < 1.29 is 14.7 Å². The minimum absolute atomic E-state index is 0.209. The number of hydrogen-bond acceptors (Lipinski definition) is 2. The van der Waals surface area contributed by atoms with Crippen LogP contribution in [-0.2, 0) is 9.59 Å². The highest BCUT2D eigenvalue weighted by Crippen LogP contribution is 2.58. The fourth-order valence-corrected chi connectivity index (χ4v) is 2.76. The summed E-state index contributed by atoms with van der Waals surface area (Å²) >= 11 is 0. The van der Waals surface area contributed by atoms with Gasteiger partial charge < -0.3 is 10.4 Å². The maximum atomic E-state index is 12.1. The minimum atomic E-state index is -0.898. The van der Waals surface area contributed by atoms with Crippen LogP contribution in [0, 0.1) is 17.3 Å². The zero-order chi connectivity index (χ0) is 15.1. The SMILES string of the molecule is CC(C)c1ccc(NC(=O)[C@H]2[C@@H](C(=O)O)C2(C)C)cc1.